The van der Waals surface area contributed by atoms with Crippen LogP contribution in [-0.4, -0.2) is 21.4 Å². The summed E-state index contributed by atoms with van der Waals surface area (Å²) in [5, 5.41) is 2.46. The minimum Gasteiger partial charge on any atom is -0.335 e. The Kier molecular flexibility index (Phi) is 4.02. The first-order valence-corrected chi connectivity index (χ1v) is 6.86. The Morgan fingerprint density at radius 2 is 2.21 bits per heavy atom. The number of nitrogens with one attached hydrogen (secondary N) is 1. The summed E-state index contributed by atoms with van der Waals surface area (Å²) in [7, 11) is 0. The van der Waals surface area contributed by atoms with Gasteiger partial charge >= 0.3 is 0 Å². The van der Waals surface area contributed by atoms with Crippen molar-refractivity contribution in [1.29, 1.82) is 0 Å². The summed E-state index contributed by atoms with van der Waals surface area (Å²) in [5.41, 5.74) is 0.997. The van der Waals surface area contributed by atoms with Crippen molar-refractivity contribution in [3.05, 3.63) is 18.2 Å². The maximum absolute atomic E-state index is 12.1. The molecule has 0 bridgehead atoms. The van der Waals surface area contributed by atoms with Gasteiger partial charge in [-0.05, 0) is 19.3 Å². The van der Waals surface area contributed by atoms with Crippen LogP contribution < -0.4 is 5.32 Å². The molecule has 0 saturated carbocycles. The molecule has 2 atom stereocenters. The van der Waals surface area contributed by atoms with Gasteiger partial charge in [-0.1, -0.05) is 13.8 Å². The zero-order chi connectivity index (χ0) is 14.0. The van der Waals surface area contributed by atoms with Crippen molar-refractivity contribution < 1.29 is 9.59 Å². The molecular weight excluding hydrogens is 242 g/mol. The molecule has 0 aliphatic carbocycles. The van der Waals surface area contributed by atoms with Gasteiger partial charge in [-0.25, -0.2) is 4.98 Å². The van der Waals surface area contributed by atoms with Gasteiger partial charge < -0.3 is 4.57 Å². The lowest BCUT2D eigenvalue weighted by atomic mass is 9.78. The molecule has 1 fully saturated rings. The molecule has 1 aromatic heterocycles. The Balaban J connectivity index is 2.32. The van der Waals surface area contributed by atoms with E-state index in [4.69, 9.17) is 0 Å². The number of nitrogens with zero attached hydrogens (tertiary/aromatic N) is 2. The average Bonchev–Trinajstić information content (AvgIpc) is 2.79. The van der Waals surface area contributed by atoms with Crippen LogP contribution in [0.4, 0.5) is 0 Å². The molecule has 1 N–H and O–H groups in total. The number of carbonyl (C=O) groups is 2. The van der Waals surface area contributed by atoms with Crippen molar-refractivity contribution in [1.82, 2.24) is 14.9 Å². The molecule has 1 saturated heterocycles. The fourth-order valence-electron chi connectivity index (χ4n) is 2.80. The van der Waals surface area contributed by atoms with Gasteiger partial charge in [-0.15, -0.1) is 0 Å². The van der Waals surface area contributed by atoms with Crippen LogP contribution in [0.2, 0.25) is 0 Å². The summed E-state index contributed by atoms with van der Waals surface area (Å²) in [6.45, 7) is 7.03. The van der Waals surface area contributed by atoms with Gasteiger partial charge in [0.25, 0.3) is 0 Å². The molecular formula is C14H21N3O2. The van der Waals surface area contributed by atoms with E-state index in [-0.39, 0.29) is 23.7 Å². The molecule has 2 heterocycles. The summed E-state index contributed by atoms with van der Waals surface area (Å²) in [5.74, 6) is -0.0899. The molecule has 2 amide bonds. The number of aryl methyl sites for hydroxylation is 1. The number of carbonyl (C=O) groups excluding carboxylic acids is 2. The van der Waals surface area contributed by atoms with Crippen LogP contribution in [0.5, 0.6) is 0 Å². The van der Waals surface area contributed by atoms with Gasteiger partial charge in [0.15, 0.2) is 0 Å². The number of imidazole rings is 1. The number of aromatic nitrogens is 2. The second-order valence-corrected chi connectivity index (χ2v) is 5.56. The van der Waals surface area contributed by atoms with Crippen LogP contribution in [0.1, 0.15) is 45.2 Å². The molecule has 2 unspecified atom stereocenters. The lowest BCUT2D eigenvalue weighted by molar-refractivity contribution is -0.137. The standard InChI is InChI=1S/C14H21N3O2/c1-4-17-8-15-7-12(17)10-6-13(18)16-14(19)11(10)5-9(2)3/h7-11H,4-6H2,1-3H3,(H,16,18,19). The van der Waals surface area contributed by atoms with Gasteiger partial charge in [0, 0.05) is 36.7 Å². The van der Waals surface area contributed by atoms with E-state index in [0.29, 0.717) is 12.3 Å². The molecule has 5 heteroatoms. The predicted molar refractivity (Wildman–Crippen MR) is 71.4 cm³/mol. The van der Waals surface area contributed by atoms with Crippen molar-refractivity contribution in [3.63, 3.8) is 0 Å². The maximum atomic E-state index is 12.1. The van der Waals surface area contributed by atoms with Crippen LogP contribution in [-0.2, 0) is 16.1 Å². The monoisotopic (exact) mass is 263 g/mol. The molecule has 5 nitrogen and oxygen atoms in total. The highest BCUT2D eigenvalue weighted by Gasteiger charge is 2.38. The summed E-state index contributed by atoms with van der Waals surface area (Å²) in [4.78, 5) is 27.9. The molecule has 0 aromatic carbocycles. The molecule has 104 valence electrons. The number of imide groups is 1. The Bertz CT molecular complexity index is 479. The summed E-state index contributed by atoms with van der Waals surface area (Å²) in [6, 6.07) is 0. The molecule has 19 heavy (non-hydrogen) atoms. The van der Waals surface area contributed by atoms with Crippen LogP contribution in [0.15, 0.2) is 12.5 Å². The highest BCUT2D eigenvalue weighted by atomic mass is 16.2. The van der Waals surface area contributed by atoms with Crippen molar-refractivity contribution >= 4 is 11.8 Å². The first-order chi connectivity index (χ1) is 9.02. The second-order valence-electron chi connectivity index (χ2n) is 5.56. The van der Waals surface area contributed by atoms with Gasteiger partial charge in [0.2, 0.25) is 11.8 Å². The maximum Gasteiger partial charge on any atom is 0.230 e. The van der Waals surface area contributed by atoms with E-state index in [1.807, 2.05) is 11.5 Å². The molecule has 0 radical (unpaired) electrons. The van der Waals surface area contributed by atoms with E-state index >= 15 is 0 Å². The van der Waals surface area contributed by atoms with E-state index in [9.17, 15) is 9.59 Å². The van der Waals surface area contributed by atoms with E-state index in [0.717, 1.165) is 18.7 Å². The number of hydrogen-bond donors (Lipinski definition) is 1. The van der Waals surface area contributed by atoms with Crippen molar-refractivity contribution in [3.8, 4) is 0 Å². The fraction of sp³-hybridized carbons (Fsp3) is 0.643. The van der Waals surface area contributed by atoms with Crippen molar-refractivity contribution in [2.75, 3.05) is 0 Å². The first kappa shape index (κ1) is 13.8. The van der Waals surface area contributed by atoms with E-state index in [2.05, 4.69) is 24.1 Å². The van der Waals surface area contributed by atoms with Crippen molar-refractivity contribution in [2.45, 2.75) is 46.1 Å². The lowest BCUT2D eigenvalue weighted by Crippen LogP contribution is -2.45. The minimum atomic E-state index is -0.182. The lowest BCUT2D eigenvalue weighted by Gasteiger charge is -2.31. The van der Waals surface area contributed by atoms with Crippen LogP contribution >= 0.6 is 0 Å². The third-order valence-electron chi connectivity index (χ3n) is 3.68. The van der Waals surface area contributed by atoms with Crippen LogP contribution in [0.25, 0.3) is 0 Å². The van der Waals surface area contributed by atoms with Crippen molar-refractivity contribution in [2.24, 2.45) is 11.8 Å². The van der Waals surface area contributed by atoms with Gasteiger partial charge in [-0.3, -0.25) is 14.9 Å². The second kappa shape index (κ2) is 5.55. The molecule has 1 aliphatic heterocycles. The minimum absolute atomic E-state index is 0.0499. The van der Waals surface area contributed by atoms with Crippen LogP contribution in [0.3, 0.4) is 0 Å². The number of amides is 2. The van der Waals surface area contributed by atoms with E-state index in [1.54, 1.807) is 12.5 Å². The summed E-state index contributed by atoms with van der Waals surface area (Å²) in [6.07, 6.45) is 4.71. The zero-order valence-electron chi connectivity index (χ0n) is 11.7. The Hall–Kier alpha value is -1.65. The number of piperidine rings is 1. The Morgan fingerprint density at radius 3 is 2.84 bits per heavy atom. The molecule has 1 aromatic rings. The number of rotatable bonds is 4. The largest absolute Gasteiger partial charge is 0.335 e. The predicted octanol–water partition coefficient (Wildman–Crippen LogP) is 1.70. The molecule has 0 spiro atoms. The fourth-order valence-corrected chi connectivity index (χ4v) is 2.80. The van der Waals surface area contributed by atoms with E-state index < -0.39 is 0 Å². The average molecular weight is 263 g/mol. The summed E-state index contributed by atoms with van der Waals surface area (Å²) >= 11 is 0. The highest BCUT2D eigenvalue weighted by Crippen LogP contribution is 2.35. The third kappa shape index (κ3) is 2.85. The zero-order valence-corrected chi connectivity index (χ0v) is 11.7. The third-order valence-corrected chi connectivity index (χ3v) is 3.68. The Morgan fingerprint density at radius 1 is 1.47 bits per heavy atom. The topological polar surface area (TPSA) is 64.0 Å². The molecule has 1 aliphatic rings. The highest BCUT2D eigenvalue weighted by molar-refractivity contribution is 5.99. The normalized spacial score (nSPS) is 23.8. The first-order valence-electron chi connectivity index (χ1n) is 6.86. The van der Waals surface area contributed by atoms with E-state index in [1.165, 1.54) is 0 Å². The number of hydrogen-bond acceptors (Lipinski definition) is 3. The van der Waals surface area contributed by atoms with Gasteiger partial charge in [0.05, 0.1) is 6.33 Å². The Labute approximate surface area is 113 Å². The molecule has 2 rings (SSSR count). The summed E-state index contributed by atoms with van der Waals surface area (Å²) < 4.78 is 2.02. The van der Waals surface area contributed by atoms with Crippen LogP contribution in [0, 0.1) is 11.8 Å². The SMILES string of the molecule is CCn1cncc1C1CC(=O)NC(=O)C1CC(C)C. The quantitative estimate of drug-likeness (QED) is 0.841. The van der Waals surface area contributed by atoms with Gasteiger partial charge in [0.1, 0.15) is 0 Å². The smallest absolute Gasteiger partial charge is 0.230 e. The van der Waals surface area contributed by atoms with Gasteiger partial charge in [-0.2, -0.15) is 0 Å².